The molecule has 2 N–H and O–H groups in total. The summed E-state index contributed by atoms with van der Waals surface area (Å²) in [6.07, 6.45) is 1.55. The number of hydrazone groups is 1. The summed E-state index contributed by atoms with van der Waals surface area (Å²) in [6.45, 7) is 19.6. The van der Waals surface area contributed by atoms with Gasteiger partial charge < -0.3 is 5.11 Å². The minimum atomic E-state index is -0.210. The second-order valence-electron chi connectivity index (χ2n) is 11.8. The average Bonchev–Trinajstić information content (AvgIpc) is 2.76. The summed E-state index contributed by atoms with van der Waals surface area (Å²) in [5.74, 6) is 0.0731. The van der Waals surface area contributed by atoms with Crippen molar-refractivity contribution < 1.29 is 9.90 Å². The van der Waals surface area contributed by atoms with Crippen LogP contribution in [-0.2, 0) is 22.2 Å². The van der Waals surface area contributed by atoms with E-state index in [1.54, 1.807) is 6.21 Å². The highest BCUT2D eigenvalue weighted by Gasteiger charge is 2.24. The van der Waals surface area contributed by atoms with Gasteiger partial charge in [0.15, 0.2) is 0 Å². The Morgan fingerprint density at radius 3 is 2.14 bits per heavy atom. The summed E-state index contributed by atoms with van der Waals surface area (Å²) in [5.41, 5.74) is 7.58. The van der Waals surface area contributed by atoms with Crippen molar-refractivity contribution in [1.82, 2.24) is 15.2 Å². The monoisotopic (exact) mass is 478 g/mol. The Bertz CT molecular complexity index is 1040. The highest BCUT2D eigenvalue weighted by atomic mass is 16.3. The number of rotatable bonds is 6. The number of aromatic hydroxyl groups is 1. The van der Waals surface area contributed by atoms with Crippen molar-refractivity contribution in [1.29, 1.82) is 0 Å². The molecule has 2 aromatic rings. The second kappa shape index (κ2) is 10.9. The van der Waals surface area contributed by atoms with Crippen molar-refractivity contribution in [3.63, 3.8) is 0 Å². The van der Waals surface area contributed by atoms with Gasteiger partial charge in [-0.15, -0.1) is 0 Å². The van der Waals surface area contributed by atoms with Crippen LogP contribution in [0.25, 0.3) is 0 Å². The molecule has 190 valence electrons. The number of nitrogens with zero attached hydrogens (tertiary/aromatic N) is 3. The number of hydrogen-bond acceptors (Lipinski definition) is 5. The zero-order valence-corrected chi connectivity index (χ0v) is 22.5. The summed E-state index contributed by atoms with van der Waals surface area (Å²) < 4.78 is 0. The molecule has 35 heavy (non-hydrogen) atoms. The molecule has 1 saturated heterocycles. The lowest BCUT2D eigenvalue weighted by molar-refractivity contribution is -0.122. The number of piperazine rings is 1. The molecule has 1 aliphatic rings. The van der Waals surface area contributed by atoms with Crippen molar-refractivity contribution in [3.8, 4) is 5.75 Å². The van der Waals surface area contributed by atoms with Gasteiger partial charge in [0.25, 0.3) is 5.91 Å². The third-order valence-corrected chi connectivity index (χ3v) is 6.57. The fraction of sp³-hybridized carbons (Fsp3) is 0.517. The number of amides is 1. The maximum atomic E-state index is 12.5. The van der Waals surface area contributed by atoms with E-state index in [-0.39, 0.29) is 22.5 Å². The fourth-order valence-corrected chi connectivity index (χ4v) is 4.23. The molecule has 0 aromatic heterocycles. The normalized spacial score (nSPS) is 16.1. The van der Waals surface area contributed by atoms with Crippen LogP contribution in [0.3, 0.4) is 0 Å². The molecule has 0 bridgehead atoms. The van der Waals surface area contributed by atoms with Crippen LogP contribution in [0.5, 0.6) is 5.75 Å². The van der Waals surface area contributed by atoms with Crippen LogP contribution in [-0.4, -0.2) is 59.8 Å². The molecule has 0 aliphatic carbocycles. The van der Waals surface area contributed by atoms with E-state index in [0.717, 1.165) is 43.9 Å². The molecular weight excluding hydrogens is 436 g/mol. The van der Waals surface area contributed by atoms with Crippen molar-refractivity contribution >= 4 is 12.1 Å². The molecule has 3 rings (SSSR count). The first-order chi connectivity index (χ1) is 16.3. The van der Waals surface area contributed by atoms with Gasteiger partial charge in [-0.05, 0) is 34.9 Å². The van der Waals surface area contributed by atoms with Crippen LogP contribution < -0.4 is 5.43 Å². The lowest BCUT2D eigenvalue weighted by Gasteiger charge is -2.34. The second-order valence-corrected chi connectivity index (χ2v) is 11.8. The molecule has 6 heteroatoms. The van der Waals surface area contributed by atoms with E-state index in [0.29, 0.717) is 12.1 Å². The van der Waals surface area contributed by atoms with Crippen LogP contribution >= 0.6 is 0 Å². The van der Waals surface area contributed by atoms with E-state index < -0.39 is 0 Å². The molecule has 0 atom stereocenters. The first kappa shape index (κ1) is 26.9. The van der Waals surface area contributed by atoms with Crippen LogP contribution in [0.15, 0.2) is 41.5 Å². The van der Waals surface area contributed by atoms with E-state index >= 15 is 0 Å². The molecule has 1 aliphatic heterocycles. The third kappa shape index (κ3) is 7.64. The largest absolute Gasteiger partial charge is 0.507 e. The van der Waals surface area contributed by atoms with E-state index in [1.807, 2.05) is 6.07 Å². The average molecular weight is 479 g/mol. The summed E-state index contributed by atoms with van der Waals surface area (Å²) in [4.78, 5) is 17.1. The Morgan fingerprint density at radius 1 is 0.971 bits per heavy atom. The maximum Gasteiger partial charge on any atom is 0.254 e. The fourth-order valence-electron chi connectivity index (χ4n) is 4.23. The van der Waals surface area contributed by atoms with Crippen LogP contribution in [0.1, 0.15) is 69.4 Å². The third-order valence-electron chi connectivity index (χ3n) is 6.57. The zero-order valence-electron chi connectivity index (χ0n) is 22.5. The Labute approximate surface area is 211 Å². The Hall–Kier alpha value is -2.70. The Morgan fingerprint density at radius 2 is 1.57 bits per heavy atom. The lowest BCUT2D eigenvalue weighted by Crippen LogP contribution is -2.48. The van der Waals surface area contributed by atoms with Crippen LogP contribution in [0.4, 0.5) is 0 Å². The van der Waals surface area contributed by atoms with Gasteiger partial charge in [0.1, 0.15) is 5.75 Å². The first-order valence-corrected chi connectivity index (χ1v) is 12.5. The Balaban J connectivity index is 1.55. The molecule has 0 saturated carbocycles. The Kier molecular flexibility index (Phi) is 8.39. The van der Waals surface area contributed by atoms with Gasteiger partial charge in [0.05, 0.1) is 12.8 Å². The molecule has 2 aromatic carbocycles. The highest BCUT2D eigenvalue weighted by Crippen LogP contribution is 2.37. The number of carbonyl (C=O) groups excluding carboxylic acids is 1. The number of nitrogens with one attached hydrogen (secondary N) is 1. The summed E-state index contributed by atoms with van der Waals surface area (Å²) in [5, 5.41) is 15.0. The summed E-state index contributed by atoms with van der Waals surface area (Å²) >= 11 is 0. The van der Waals surface area contributed by atoms with Gasteiger partial charge in [0, 0.05) is 43.9 Å². The molecular formula is C29H42N4O2. The number of hydrogen-bond donors (Lipinski definition) is 2. The van der Waals surface area contributed by atoms with Crippen molar-refractivity contribution in [2.24, 2.45) is 5.10 Å². The first-order valence-electron chi connectivity index (χ1n) is 12.5. The van der Waals surface area contributed by atoms with E-state index in [9.17, 15) is 9.90 Å². The maximum absolute atomic E-state index is 12.5. The number of aryl methyl sites for hydroxylation is 1. The predicted molar refractivity (Wildman–Crippen MR) is 144 cm³/mol. The predicted octanol–water partition coefficient (Wildman–Crippen LogP) is 4.56. The molecule has 1 heterocycles. The van der Waals surface area contributed by atoms with E-state index in [1.165, 1.54) is 11.1 Å². The van der Waals surface area contributed by atoms with Gasteiger partial charge in [-0.1, -0.05) is 77.4 Å². The van der Waals surface area contributed by atoms with E-state index in [4.69, 9.17) is 0 Å². The van der Waals surface area contributed by atoms with Gasteiger partial charge in [-0.25, -0.2) is 5.43 Å². The highest BCUT2D eigenvalue weighted by molar-refractivity contribution is 5.86. The van der Waals surface area contributed by atoms with Crippen LogP contribution in [0, 0.1) is 6.92 Å². The molecule has 0 unspecified atom stereocenters. The minimum absolute atomic E-state index is 0.0683. The lowest BCUT2D eigenvalue weighted by atomic mass is 9.79. The van der Waals surface area contributed by atoms with Crippen LogP contribution in [0.2, 0.25) is 0 Å². The van der Waals surface area contributed by atoms with Gasteiger partial charge in [0.2, 0.25) is 0 Å². The molecule has 0 spiro atoms. The minimum Gasteiger partial charge on any atom is -0.507 e. The van der Waals surface area contributed by atoms with Crippen molar-refractivity contribution in [2.75, 3.05) is 32.7 Å². The molecule has 0 radical (unpaired) electrons. The number of carbonyl (C=O) groups is 1. The van der Waals surface area contributed by atoms with Gasteiger partial charge in [-0.3, -0.25) is 14.6 Å². The zero-order chi connectivity index (χ0) is 25.8. The van der Waals surface area contributed by atoms with E-state index in [2.05, 4.69) is 99.1 Å². The van der Waals surface area contributed by atoms with Crippen molar-refractivity contribution in [3.05, 3.63) is 64.2 Å². The van der Waals surface area contributed by atoms with Gasteiger partial charge >= 0.3 is 0 Å². The topological polar surface area (TPSA) is 68.2 Å². The quantitative estimate of drug-likeness (QED) is 0.472. The van der Waals surface area contributed by atoms with Gasteiger partial charge in [-0.2, -0.15) is 5.10 Å². The smallest absolute Gasteiger partial charge is 0.254 e. The van der Waals surface area contributed by atoms with Crippen molar-refractivity contribution in [2.45, 2.75) is 65.8 Å². The summed E-state index contributed by atoms with van der Waals surface area (Å²) in [7, 11) is 0. The standard InChI is InChI=1S/C29H42N4O2/c1-21-8-10-22(11-9-21)19-32-12-14-33(15-13-32)20-26(34)31-30-18-23-16-24(28(2,3)4)17-25(27(23)35)29(5,6)7/h8-11,16-18,35H,12-15,19-20H2,1-7H3,(H,31,34)/b30-18+. The summed E-state index contributed by atoms with van der Waals surface area (Å²) in [6, 6.07) is 12.7. The SMILES string of the molecule is Cc1ccc(CN2CCN(CC(=O)N/N=C/c3cc(C(C)(C)C)cc(C(C)(C)C)c3O)CC2)cc1. The molecule has 1 amide bonds. The number of phenolic OH excluding ortho intramolecular Hbond substituents is 1. The number of phenols is 1. The molecule has 6 nitrogen and oxygen atoms in total. The number of benzene rings is 2. The molecule has 1 fully saturated rings.